The van der Waals surface area contributed by atoms with Gasteiger partial charge in [0.1, 0.15) is 0 Å². The largest absolute Gasteiger partial charge is 0.288 e. The van der Waals surface area contributed by atoms with Crippen LogP contribution in [-0.2, 0) is 0 Å². The molecule has 0 aliphatic heterocycles. The molecule has 0 saturated heterocycles. The zero-order chi connectivity index (χ0) is 11.7. The van der Waals surface area contributed by atoms with Crippen LogP contribution >= 0.6 is 11.3 Å². The molecule has 1 heterocycles. The molecule has 0 unspecified atom stereocenters. The summed E-state index contributed by atoms with van der Waals surface area (Å²) < 4.78 is 0. The molecule has 0 bridgehead atoms. The Morgan fingerprint density at radius 3 is 2.44 bits per heavy atom. The highest BCUT2D eigenvalue weighted by atomic mass is 32.1. The molecule has 0 atom stereocenters. The van der Waals surface area contributed by atoms with E-state index in [9.17, 15) is 4.79 Å². The van der Waals surface area contributed by atoms with Crippen molar-refractivity contribution in [3.8, 4) is 0 Å². The average Bonchev–Trinajstić information content (AvgIpc) is 2.58. The maximum absolute atomic E-state index is 12.3. The summed E-state index contributed by atoms with van der Waals surface area (Å²) in [5, 5.41) is 0.939. The van der Waals surface area contributed by atoms with Crippen LogP contribution in [0.2, 0.25) is 0 Å². The second-order valence-corrected chi connectivity index (χ2v) is 4.99. The van der Waals surface area contributed by atoms with Crippen molar-refractivity contribution >= 4 is 17.1 Å². The lowest BCUT2D eigenvalue weighted by Gasteiger charge is -2.02. The van der Waals surface area contributed by atoms with Crippen molar-refractivity contribution in [3.05, 3.63) is 51.0 Å². The van der Waals surface area contributed by atoms with Gasteiger partial charge >= 0.3 is 0 Å². The number of nitrogens with zero attached hydrogens (tertiary/aromatic N) is 1. The zero-order valence-corrected chi connectivity index (χ0v) is 10.4. The molecule has 82 valence electrons. The van der Waals surface area contributed by atoms with E-state index >= 15 is 0 Å². The van der Waals surface area contributed by atoms with Gasteiger partial charge in [-0.2, -0.15) is 0 Å². The van der Waals surface area contributed by atoms with Gasteiger partial charge < -0.3 is 0 Å². The van der Waals surface area contributed by atoms with Crippen LogP contribution in [0, 0.1) is 20.8 Å². The first kappa shape index (κ1) is 11.0. The van der Waals surface area contributed by atoms with Crippen molar-refractivity contribution in [1.82, 2.24) is 4.98 Å². The molecule has 0 fully saturated rings. The lowest BCUT2D eigenvalue weighted by molar-refractivity contribution is 0.104. The third-order valence-corrected chi connectivity index (χ3v) is 3.57. The van der Waals surface area contributed by atoms with Gasteiger partial charge in [0.25, 0.3) is 0 Å². The van der Waals surface area contributed by atoms with Crippen LogP contribution in [0.1, 0.15) is 31.5 Å². The van der Waals surface area contributed by atoms with Gasteiger partial charge in [0.15, 0.2) is 0 Å². The molecule has 0 N–H and O–H groups in total. The maximum atomic E-state index is 12.3. The summed E-state index contributed by atoms with van der Waals surface area (Å²) in [7, 11) is 0. The first-order valence-corrected chi connectivity index (χ1v) is 5.95. The minimum atomic E-state index is 0.0844. The molecule has 1 aromatic heterocycles. The predicted molar refractivity (Wildman–Crippen MR) is 66.2 cm³/mol. The summed E-state index contributed by atoms with van der Waals surface area (Å²) >= 11 is 1.47. The molecule has 0 saturated carbocycles. The predicted octanol–water partition coefficient (Wildman–Crippen LogP) is 3.30. The van der Waals surface area contributed by atoms with E-state index in [1.54, 1.807) is 0 Å². The van der Waals surface area contributed by atoms with E-state index < -0.39 is 0 Å². The Balaban J connectivity index is 2.47. The molecule has 0 radical (unpaired) electrons. The molecule has 2 nitrogen and oxygen atoms in total. The lowest BCUT2D eigenvalue weighted by atomic mass is 10.0. The van der Waals surface area contributed by atoms with Crippen molar-refractivity contribution in [2.24, 2.45) is 0 Å². The van der Waals surface area contributed by atoms with Crippen molar-refractivity contribution < 1.29 is 4.79 Å². The molecule has 3 heteroatoms. The smallest absolute Gasteiger partial charge is 0.205 e. The molecule has 1 aromatic carbocycles. The number of thiazole rings is 1. The van der Waals surface area contributed by atoms with Crippen molar-refractivity contribution in [2.45, 2.75) is 20.8 Å². The van der Waals surface area contributed by atoms with Crippen molar-refractivity contribution in [1.29, 1.82) is 0 Å². The summed E-state index contributed by atoms with van der Waals surface area (Å²) in [5.74, 6) is 0.0844. The monoisotopic (exact) mass is 231 g/mol. The van der Waals surface area contributed by atoms with Crippen LogP contribution in [0.4, 0.5) is 0 Å². The molecular weight excluding hydrogens is 218 g/mol. The van der Waals surface area contributed by atoms with Gasteiger partial charge in [0.2, 0.25) is 5.78 Å². The molecule has 0 amide bonds. The maximum Gasteiger partial charge on any atom is 0.205 e. The summed E-state index contributed by atoms with van der Waals surface area (Å²) in [4.78, 5) is 17.3. The Kier molecular flexibility index (Phi) is 2.88. The molecule has 0 aliphatic rings. The average molecular weight is 231 g/mol. The number of benzene rings is 1. The quantitative estimate of drug-likeness (QED) is 0.742. The van der Waals surface area contributed by atoms with E-state index in [4.69, 9.17) is 0 Å². The van der Waals surface area contributed by atoms with Crippen LogP contribution in [0.5, 0.6) is 0 Å². The Bertz CT molecular complexity index is 543. The van der Waals surface area contributed by atoms with E-state index in [0.29, 0.717) is 0 Å². The zero-order valence-electron chi connectivity index (χ0n) is 9.57. The van der Waals surface area contributed by atoms with E-state index in [2.05, 4.69) is 4.98 Å². The molecule has 2 aromatic rings. The second kappa shape index (κ2) is 4.18. The topological polar surface area (TPSA) is 30.0 Å². The van der Waals surface area contributed by atoms with Gasteiger partial charge in [-0.05, 0) is 26.3 Å². The number of aryl methyl sites for hydroxylation is 3. The number of hydrogen-bond acceptors (Lipinski definition) is 3. The fourth-order valence-electron chi connectivity index (χ4n) is 1.69. The molecular formula is C13H13NOS. The molecule has 0 spiro atoms. The Labute approximate surface area is 99.0 Å². The Morgan fingerprint density at radius 1 is 1.19 bits per heavy atom. The minimum absolute atomic E-state index is 0.0844. The molecule has 2 rings (SSSR count). The second-order valence-electron chi connectivity index (χ2n) is 3.79. The van der Waals surface area contributed by atoms with E-state index in [1.807, 2.05) is 45.0 Å². The van der Waals surface area contributed by atoms with Crippen LogP contribution < -0.4 is 0 Å². The molecule has 16 heavy (non-hydrogen) atoms. The fourth-order valence-corrected chi connectivity index (χ4v) is 2.57. The summed E-state index contributed by atoms with van der Waals surface area (Å²) in [6.07, 6.45) is 0. The first-order valence-electron chi connectivity index (χ1n) is 5.14. The van der Waals surface area contributed by atoms with Gasteiger partial charge in [0, 0.05) is 5.56 Å². The normalized spacial score (nSPS) is 10.4. The van der Waals surface area contributed by atoms with Gasteiger partial charge in [-0.15, -0.1) is 11.3 Å². The summed E-state index contributed by atoms with van der Waals surface area (Å²) in [5.41, 5.74) is 2.61. The highest BCUT2D eigenvalue weighted by molar-refractivity contribution is 7.14. The number of hydrogen-bond donors (Lipinski definition) is 0. The summed E-state index contributed by atoms with van der Waals surface area (Å²) in [6, 6.07) is 7.66. The van der Waals surface area contributed by atoms with E-state index in [0.717, 1.165) is 26.7 Å². The summed E-state index contributed by atoms with van der Waals surface area (Å²) in [6.45, 7) is 5.76. The third-order valence-electron chi connectivity index (χ3n) is 2.50. The van der Waals surface area contributed by atoms with Gasteiger partial charge in [-0.3, -0.25) is 4.79 Å². The number of carbonyl (C=O) groups excluding carboxylic acids is 1. The van der Waals surface area contributed by atoms with Crippen molar-refractivity contribution in [2.75, 3.05) is 0 Å². The Morgan fingerprint density at radius 2 is 1.88 bits per heavy atom. The Hall–Kier alpha value is -1.48. The third kappa shape index (κ3) is 1.91. The minimum Gasteiger partial charge on any atom is -0.288 e. The fraction of sp³-hybridized carbons (Fsp3) is 0.231. The standard InChI is InChI=1S/C13H13NOS/c1-8-6-4-5-7-11(8)12(15)13-9(2)14-10(3)16-13/h4-7H,1-3H3. The number of ketones is 1. The van der Waals surface area contributed by atoms with Crippen molar-refractivity contribution in [3.63, 3.8) is 0 Å². The SMILES string of the molecule is Cc1nc(C)c(C(=O)c2ccccc2C)s1. The first-order chi connectivity index (χ1) is 7.59. The van der Waals surface area contributed by atoms with Crippen LogP contribution in [0.3, 0.4) is 0 Å². The van der Waals surface area contributed by atoms with Gasteiger partial charge in [-0.25, -0.2) is 4.98 Å². The number of carbonyl (C=O) groups is 1. The number of rotatable bonds is 2. The van der Waals surface area contributed by atoms with Gasteiger partial charge in [-0.1, -0.05) is 24.3 Å². The highest BCUT2D eigenvalue weighted by Crippen LogP contribution is 2.22. The van der Waals surface area contributed by atoms with E-state index in [-0.39, 0.29) is 5.78 Å². The highest BCUT2D eigenvalue weighted by Gasteiger charge is 2.16. The van der Waals surface area contributed by atoms with Crippen LogP contribution in [-0.4, -0.2) is 10.8 Å². The lowest BCUT2D eigenvalue weighted by Crippen LogP contribution is -2.02. The van der Waals surface area contributed by atoms with Crippen LogP contribution in [0.25, 0.3) is 0 Å². The van der Waals surface area contributed by atoms with Crippen LogP contribution in [0.15, 0.2) is 24.3 Å². The number of aromatic nitrogens is 1. The van der Waals surface area contributed by atoms with Gasteiger partial charge in [0.05, 0.1) is 15.6 Å². The van der Waals surface area contributed by atoms with E-state index in [1.165, 1.54) is 11.3 Å². The molecule has 0 aliphatic carbocycles.